The van der Waals surface area contributed by atoms with Crippen molar-refractivity contribution in [3.8, 4) is 0 Å². The summed E-state index contributed by atoms with van der Waals surface area (Å²) in [6.07, 6.45) is 0. The second kappa shape index (κ2) is 6.20. The molecule has 1 heterocycles. The first-order chi connectivity index (χ1) is 9.36. The summed E-state index contributed by atoms with van der Waals surface area (Å²) in [6, 6.07) is 4.73. The summed E-state index contributed by atoms with van der Waals surface area (Å²) >= 11 is 7.60. The summed E-state index contributed by atoms with van der Waals surface area (Å²) in [7, 11) is 0. The molecule has 108 valence electrons. The minimum Gasteiger partial charge on any atom is -0.302 e. The van der Waals surface area contributed by atoms with E-state index in [1.807, 2.05) is 13.8 Å². The highest BCUT2D eigenvalue weighted by Crippen LogP contribution is 2.30. The van der Waals surface area contributed by atoms with Crippen molar-refractivity contribution in [2.24, 2.45) is 0 Å². The molecule has 0 aliphatic rings. The van der Waals surface area contributed by atoms with Crippen molar-refractivity contribution in [3.05, 3.63) is 50.2 Å². The number of benzene rings is 1. The zero-order valence-electron chi connectivity index (χ0n) is 12.0. The lowest BCUT2D eigenvalue weighted by Gasteiger charge is -2.20. The maximum atomic E-state index is 13.6. The van der Waals surface area contributed by atoms with Crippen molar-refractivity contribution in [1.82, 2.24) is 10.3 Å². The molecule has 2 nitrogen and oxygen atoms in total. The Kier molecular flexibility index (Phi) is 4.78. The van der Waals surface area contributed by atoms with Crippen molar-refractivity contribution >= 4 is 22.9 Å². The summed E-state index contributed by atoms with van der Waals surface area (Å²) in [6.45, 7) is 8.14. The minimum atomic E-state index is -0.326. The van der Waals surface area contributed by atoms with Gasteiger partial charge in [-0.1, -0.05) is 11.6 Å². The van der Waals surface area contributed by atoms with E-state index in [1.165, 1.54) is 17.0 Å². The highest BCUT2D eigenvalue weighted by atomic mass is 35.5. The van der Waals surface area contributed by atoms with E-state index in [9.17, 15) is 4.39 Å². The normalized spacial score (nSPS) is 12.9. The molecule has 1 atom stereocenters. The molecule has 20 heavy (non-hydrogen) atoms. The number of rotatable bonds is 4. The van der Waals surface area contributed by atoms with E-state index in [0.29, 0.717) is 5.02 Å². The van der Waals surface area contributed by atoms with Gasteiger partial charge in [-0.05, 0) is 51.5 Å². The zero-order valence-corrected chi connectivity index (χ0v) is 13.6. The third-order valence-electron chi connectivity index (χ3n) is 3.01. The number of aromatic nitrogens is 1. The van der Waals surface area contributed by atoms with Crippen molar-refractivity contribution in [3.63, 3.8) is 0 Å². The van der Waals surface area contributed by atoms with Crippen LogP contribution in [0.1, 0.15) is 41.0 Å². The quantitative estimate of drug-likeness (QED) is 0.889. The molecule has 1 aromatic heterocycles. The third-order valence-corrected chi connectivity index (χ3v) is 4.37. The van der Waals surface area contributed by atoms with Crippen LogP contribution in [0.5, 0.6) is 0 Å². The monoisotopic (exact) mass is 312 g/mol. The van der Waals surface area contributed by atoms with Crippen molar-refractivity contribution < 1.29 is 4.39 Å². The molecule has 0 spiro atoms. The van der Waals surface area contributed by atoms with Gasteiger partial charge in [0.05, 0.1) is 11.7 Å². The Morgan fingerprint density at radius 1 is 1.25 bits per heavy atom. The van der Waals surface area contributed by atoms with Crippen LogP contribution in [-0.4, -0.2) is 11.0 Å². The van der Waals surface area contributed by atoms with E-state index >= 15 is 0 Å². The number of nitrogens with one attached hydrogen (secondary N) is 1. The van der Waals surface area contributed by atoms with Gasteiger partial charge in [-0.25, -0.2) is 9.37 Å². The SMILES string of the molecule is Cc1nc(C(NC(C)C)c2cc(F)cc(Cl)c2)sc1C. The molecule has 0 bridgehead atoms. The van der Waals surface area contributed by atoms with Gasteiger partial charge in [0.25, 0.3) is 0 Å². The largest absolute Gasteiger partial charge is 0.302 e. The molecular formula is C15H18ClFN2S. The lowest BCUT2D eigenvalue weighted by Crippen LogP contribution is -2.29. The van der Waals surface area contributed by atoms with E-state index in [2.05, 4.69) is 24.1 Å². The molecule has 0 aliphatic carbocycles. The fraction of sp³-hybridized carbons (Fsp3) is 0.400. The van der Waals surface area contributed by atoms with Gasteiger partial charge < -0.3 is 5.32 Å². The second-order valence-corrected chi connectivity index (χ2v) is 6.82. The number of halogens is 2. The predicted molar refractivity (Wildman–Crippen MR) is 83.1 cm³/mol. The summed E-state index contributed by atoms with van der Waals surface area (Å²) in [5.74, 6) is -0.326. The molecule has 5 heteroatoms. The van der Waals surface area contributed by atoms with Gasteiger partial charge in [-0.3, -0.25) is 0 Å². The first kappa shape index (κ1) is 15.4. The van der Waals surface area contributed by atoms with E-state index in [0.717, 1.165) is 16.3 Å². The average Bonchev–Trinajstić information content (AvgIpc) is 2.65. The van der Waals surface area contributed by atoms with E-state index in [1.54, 1.807) is 17.4 Å². The lowest BCUT2D eigenvalue weighted by molar-refractivity contribution is 0.523. The Balaban J connectivity index is 2.46. The lowest BCUT2D eigenvalue weighted by atomic mass is 10.1. The Labute approximate surface area is 128 Å². The number of hydrogen-bond acceptors (Lipinski definition) is 3. The molecule has 1 N–H and O–H groups in total. The van der Waals surface area contributed by atoms with Gasteiger partial charge in [0.15, 0.2) is 0 Å². The highest BCUT2D eigenvalue weighted by molar-refractivity contribution is 7.11. The first-order valence-corrected chi connectivity index (χ1v) is 7.72. The van der Waals surface area contributed by atoms with Crippen LogP contribution in [0.2, 0.25) is 5.02 Å². The van der Waals surface area contributed by atoms with Crippen molar-refractivity contribution in [2.45, 2.75) is 39.8 Å². The predicted octanol–water partition coefficient (Wildman–Crippen LogP) is 4.64. The molecule has 2 aromatic rings. The van der Waals surface area contributed by atoms with Crippen LogP contribution in [0.15, 0.2) is 18.2 Å². The van der Waals surface area contributed by atoms with Gasteiger partial charge in [0, 0.05) is 15.9 Å². The minimum absolute atomic E-state index is 0.138. The summed E-state index contributed by atoms with van der Waals surface area (Å²) in [5, 5.41) is 4.77. The van der Waals surface area contributed by atoms with Crippen LogP contribution in [0, 0.1) is 19.7 Å². The number of thiazole rings is 1. The van der Waals surface area contributed by atoms with E-state index in [-0.39, 0.29) is 17.9 Å². The molecule has 0 fully saturated rings. The highest BCUT2D eigenvalue weighted by Gasteiger charge is 2.20. The Bertz CT molecular complexity index is 570. The summed E-state index contributed by atoms with van der Waals surface area (Å²) in [4.78, 5) is 5.77. The molecule has 0 amide bonds. The second-order valence-electron chi connectivity index (χ2n) is 5.15. The number of aryl methyl sites for hydroxylation is 2. The maximum Gasteiger partial charge on any atom is 0.125 e. The van der Waals surface area contributed by atoms with Gasteiger partial charge in [0.1, 0.15) is 10.8 Å². The average molecular weight is 313 g/mol. The molecule has 1 aromatic carbocycles. The molecule has 0 aliphatic heterocycles. The molecule has 0 saturated carbocycles. The molecule has 2 rings (SSSR count). The molecule has 1 unspecified atom stereocenters. The Morgan fingerprint density at radius 3 is 2.45 bits per heavy atom. The summed E-state index contributed by atoms with van der Waals surface area (Å²) in [5.41, 5.74) is 1.82. The van der Waals surface area contributed by atoms with Gasteiger partial charge in [-0.2, -0.15) is 0 Å². The standard InChI is InChI=1S/C15H18ClFN2S/c1-8(2)18-14(15-19-9(3)10(4)20-15)11-5-12(16)7-13(17)6-11/h5-8,14,18H,1-4H3. The van der Waals surface area contributed by atoms with Crippen LogP contribution < -0.4 is 5.32 Å². The number of nitrogens with zero attached hydrogens (tertiary/aromatic N) is 1. The number of hydrogen-bond donors (Lipinski definition) is 1. The molecule has 0 saturated heterocycles. The Hall–Kier alpha value is -0.970. The smallest absolute Gasteiger partial charge is 0.125 e. The molecule has 0 radical (unpaired) electrons. The first-order valence-electron chi connectivity index (χ1n) is 6.52. The third kappa shape index (κ3) is 3.57. The fourth-order valence-corrected chi connectivity index (χ4v) is 3.25. The van der Waals surface area contributed by atoms with E-state index in [4.69, 9.17) is 11.6 Å². The van der Waals surface area contributed by atoms with Crippen LogP contribution in [0.3, 0.4) is 0 Å². The van der Waals surface area contributed by atoms with Gasteiger partial charge >= 0.3 is 0 Å². The topological polar surface area (TPSA) is 24.9 Å². The van der Waals surface area contributed by atoms with Crippen LogP contribution >= 0.6 is 22.9 Å². The van der Waals surface area contributed by atoms with Gasteiger partial charge in [0.2, 0.25) is 0 Å². The van der Waals surface area contributed by atoms with E-state index < -0.39 is 0 Å². The van der Waals surface area contributed by atoms with Crippen molar-refractivity contribution in [2.75, 3.05) is 0 Å². The maximum absolute atomic E-state index is 13.6. The molecular weight excluding hydrogens is 295 g/mol. The fourth-order valence-electron chi connectivity index (χ4n) is 2.01. The van der Waals surface area contributed by atoms with Crippen LogP contribution in [0.4, 0.5) is 4.39 Å². The van der Waals surface area contributed by atoms with Crippen LogP contribution in [-0.2, 0) is 0 Å². The van der Waals surface area contributed by atoms with Crippen LogP contribution in [0.25, 0.3) is 0 Å². The van der Waals surface area contributed by atoms with Gasteiger partial charge in [-0.15, -0.1) is 11.3 Å². The summed E-state index contributed by atoms with van der Waals surface area (Å²) < 4.78 is 13.6. The zero-order chi connectivity index (χ0) is 14.9. The Morgan fingerprint density at radius 2 is 1.95 bits per heavy atom. The van der Waals surface area contributed by atoms with Crippen molar-refractivity contribution in [1.29, 1.82) is 0 Å².